The number of methoxy groups -OCH3 is 1. The quantitative estimate of drug-likeness (QED) is 0.410. The van der Waals surface area contributed by atoms with Gasteiger partial charge in [-0.1, -0.05) is 0 Å². The lowest BCUT2D eigenvalue weighted by molar-refractivity contribution is 0.386. The number of nitrogens with one attached hydrogen (secondary N) is 1. The second-order valence-corrected chi connectivity index (χ2v) is 11.7. The maximum absolute atomic E-state index is 15.1. The van der Waals surface area contributed by atoms with E-state index in [-0.39, 0.29) is 28.1 Å². The molecule has 3 aromatic rings. The summed E-state index contributed by atoms with van der Waals surface area (Å²) >= 11 is 0. The smallest absolute Gasteiger partial charge is 0.157 e. The van der Waals surface area contributed by atoms with Gasteiger partial charge in [-0.05, 0) is 51.0 Å². The molecule has 180 valence electrons. The summed E-state index contributed by atoms with van der Waals surface area (Å²) in [6.07, 6.45) is 3.43. The summed E-state index contributed by atoms with van der Waals surface area (Å²) in [6.45, 7) is 3.37. The number of fused-ring (bicyclic) bond motifs is 3. The highest BCUT2D eigenvalue weighted by Gasteiger charge is 2.62. The molecule has 2 aliphatic rings. The van der Waals surface area contributed by atoms with E-state index in [9.17, 15) is 13.5 Å². The monoisotopic (exact) mass is 489 g/mol. The van der Waals surface area contributed by atoms with Crippen LogP contribution in [0, 0.1) is 11.6 Å². The summed E-state index contributed by atoms with van der Waals surface area (Å²) in [6, 6.07) is 5.84. The predicted octanol–water partition coefficient (Wildman–Crippen LogP) is 4.92. The van der Waals surface area contributed by atoms with Gasteiger partial charge >= 0.3 is 0 Å². The molecule has 5 rings (SSSR count). The van der Waals surface area contributed by atoms with Gasteiger partial charge in [-0.15, -0.1) is 0 Å². The van der Waals surface area contributed by atoms with Crippen LogP contribution in [0.5, 0.6) is 5.75 Å². The fourth-order valence-electron chi connectivity index (χ4n) is 4.99. The molecule has 0 unspecified atom stereocenters. The lowest BCUT2D eigenvalue weighted by Crippen LogP contribution is -2.53. The number of amidine groups is 1. The second-order valence-electron chi connectivity index (χ2n) is 9.04. The molecule has 0 amide bonds. The largest absolute Gasteiger partial charge is 0.495 e. The lowest BCUT2D eigenvalue weighted by Gasteiger charge is -2.54. The zero-order valence-corrected chi connectivity index (χ0v) is 19.7. The lowest BCUT2D eigenvalue weighted by atomic mass is 9.86. The number of ether oxygens (including phenoxy) is 1. The van der Waals surface area contributed by atoms with Gasteiger partial charge < -0.3 is 15.8 Å². The molecule has 0 saturated carbocycles. The first-order valence-electron chi connectivity index (χ1n) is 10.7. The molecule has 2 bridgehead atoms. The van der Waals surface area contributed by atoms with E-state index in [0.717, 1.165) is 6.20 Å². The predicted molar refractivity (Wildman–Crippen MR) is 129 cm³/mol. The summed E-state index contributed by atoms with van der Waals surface area (Å²) in [5, 5.41) is 2.61. The molecule has 2 aliphatic heterocycles. The van der Waals surface area contributed by atoms with Gasteiger partial charge in [0.05, 0.1) is 24.8 Å². The minimum atomic E-state index is -3.18. The SMILES string of the molecule is COc1cnc2c(Nc3ccc(F)c([C@@]4(C)N=C(N)[C@@]5(C)CC[C@@H]4S5(O)O)c3)ncc(F)c2c1. The van der Waals surface area contributed by atoms with Crippen molar-refractivity contribution in [1.29, 1.82) is 0 Å². The Morgan fingerprint density at radius 3 is 2.65 bits per heavy atom. The first-order valence-corrected chi connectivity index (χ1v) is 12.3. The van der Waals surface area contributed by atoms with Gasteiger partial charge in [-0.25, -0.2) is 18.7 Å². The van der Waals surface area contributed by atoms with E-state index in [1.165, 1.54) is 31.5 Å². The Kier molecular flexibility index (Phi) is 5.01. The third-order valence-corrected chi connectivity index (χ3v) is 10.4. The molecule has 0 aliphatic carbocycles. The molecule has 1 aromatic carbocycles. The van der Waals surface area contributed by atoms with Crippen LogP contribution in [0.1, 0.15) is 32.3 Å². The zero-order valence-electron chi connectivity index (χ0n) is 18.8. The molecule has 0 spiro atoms. The van der Waals surface area contributed by atoms with Crippen LogP contribution >= 0.6 is 10.6 Å². The molecule has 1 saturated heterocycles. The summed E-state index contributed by atoms with van der Waals surface area (Å²) in [4.78, 5) is 13.0. The number of rotatable bonds is 4. The second kappa shape index (κ2) is 7.49. The number of hydrogen-bond donors (Lipinski definition) is 4. The Morgan fingerprint density at radius 1 is 1.15 bits per heavy atom. The summed E-state index contributed by atoms with van der Waals surface area (Å²) < 4.78 is 55.7. The number of nitrogens with two attached hydrogens (primary N) is 1. The van der Waals surface area contributed by atoms with E-state index in [1.54, 1.807) is 19.9 Å². The molecular weight excluding hydrogens is 464 g/mol. The molecular formula is C23H25F2N5O3S. The van der Waals surface area contributed by atoms with Crippen LogP contribution in [-0.2, 0) is 5.54 Å². The van der Waals surface area contributed by atoms with Crippen LogP contribution in [0.15, 0.2) is 41.7 Å². The molecule has 2 aromatic heterocycles. The topological polar surface area (TPSA) is 126 Å². The molecule has 5 N–H and O–H groups in total. The Bertz CT molecular complexity index is 1350. The minimum absolute atomic E-state index is 0.117. The number of pyridine rings is 2. The van der Waals surface area contributed by atoms with Crippen LogP contribution in [0.3, 0.4) is 0 Å². The number of anilines is 2. The Balaban J connectivity index is 1.59. The van der Waals surface area contributed by atoms with E-state index < -0.39 is 37.8 Å². The van der Waals surface area contributed by atoms with Crippen molar-refractivity contribution in [3.05, 3.63) is 53.9 Å². The molecule has 3 atom stereocenters. The van der Waals surface area contributed by atoms with Crippen molar-refractivity contribution in [2.45, 2.75) is 42.2 Å². The van der Waals surface area contributed by atoms with Crippen molar-refractivity contribution in [1.82, 2.24) is 9.97 Å². The van der Waals surface area contributed by atoms with Crippen molar-refractivity contribution in [3.63, 3.8) is 0 Å². The van der Waals surface area contributed by atoms with Crippen LogP contribution < -0.4 is 15.8 Å². The maximum atomic E-state index is 15.1. The number of aromatic nitrogens is 2. The van der Waals surface area contributed by atoms with Crippen LogP contribution in [0.2, 0.25) is 0 Å². The molecule has 1 fully saturated rings. The van der Waals surface area contributed by atoms with E-state index in [2.05, 4.69) is 20.3 Å². The maximum Gasteiger partial charge on any atom is 0.157 e. The average molecular weight is 490 g/mol. The van der Waals surface area contributed by atoms with Gasteiger partial charge in [0.1, 0.15) is 33.2 Å². The zero-order chi connectivity index (χ0) is 24.5. The molecule has 0 radical (unpaired) electrons. The third kappa shape index (κ3) is 3.07. The van der Waals surface area contributed by atoms with Gasteiger partial charge in [-0.3, -0.25) is 14.1 Å². The van der Waals surface area contributed by atoms with Crippen molar-refractivity contribution >= 4 is 38.8 Å². The molecule has 34 heavy (non-hydrogen) atoms. The van der Waals surface area contributed by atoms with E-state index in [0.29, 0.717) is 24.3 Å². The summed E-state index contributed by atoms with van der Waals surface area (Å²) in [7, 11) is -1.72. The Hall–Kier alpha value is -3.02. The van der Waals surface area contributed by atoms with E-state index in [1.807, 2.05) is 0 Å². The van der Waals surface area contributed by atoms with Crippen molar-refractivity contribution in [2.75, 3.05) is 12.4 Å². The number of hydrogen-bond acceptors (Lipinski definition) is 8. The average Bonchev–Trinajstić information content (AvgIpc) is 2.99. The standard InChI is InChI=1S/C23H25F2N5O3S/c1-22-7-6-18(34(22,31)32)23(2,30-21(22)26)15-8-12(4-5-16(15)24)29-20-19-14(17(25)11-28-20)9-13(33-3)10-27-19/h4-5,8-11,18,31-32H,6-7H2,1-3H3,(H2,26,30)(H,28,29)/t18-,22+,23+/m0/s1. The van der Waals surface area contributed by atoms with Gasteiger partial charge in [0.25, 0.3) is 0 Å². The fourth-order valence-corrected chi connectivity index (χ4v) is 7.66. The highest BCUT2D eigenvalue weighted by atomic mass is 32.3. The van der Waals surface area contributed by atoms with E-state index >= 15 is 4.39 Å². The minimum Gasteiger partial charge on any atom is -0.495 e. The number of nitrogens with zero attached hydrogens (tertiary/aromatic N) is 3. The number of benzene rings is 1. The number of aliphatic imine (C=N–C) groups is 1. The summed E-state index contributed by atoms with van der Waals surface area (Å²) in [5.41, 5.74) is 5.83. The molecule has 8 nitrogen and oxygen atoms in total. The van der Waals surface area contributed by atoms with Gasteiger partial charge in [0.15, 0.2) is 11.6 Å². The third-order valence-electron chi connectivity index (χ3n) is 7.13. The Morgan fingerprint density at radius 2 is 1.91 bits per heavy atom. The van der Waals surface area contributed by atoms with Crippen molar-refractivity contribution < 1.29 is 22.6 Å². The fraction of sp³-hybridized carbons (Fsp3) is 0.348. The molecule has 4 heterocycles. The van der Waals surface area contributed by atoms with E-state index in [4.69, 9.17) is 10.5 Å². The molecule has 11 heteroatoms. The Labute approximate surface area is 196 Å². The van der Waals surface area contributed by atoms with Crippen molar-refractivity contribution in [3.8, 4) is 5.75 Å². The normalized spacial score (nSPS) is 28.4. The summed E-state index contributed by atoms with van der Waals surface area (Å²) in [5.74, 6) is -0.316. The highest BCUT2D eigenvalue weighted by Crippen LogP contribution is 2.71. The highest BCUT2D eigenvalue weighted by molar-refractivity contribution is 8.26. The first-order chi connectivity index (χ1) is 16.0. The van der Waals surface area contributed by atoms with Crippen LogP contribution in [-0.4, -0.2) is 42.0 Å². The van der Waals surface area contributed by atoms with Crippen LogP contribution in [0.4, 0.5) is 20.3 Å². The van der Waals surface area contributed by atoms with Gasteiger partial charge in [0, 0.05) is 16.6 Å². The van der Waals surface area contributed by atoms with Crippen LogP contribution in [0.25, 0.3) is 10.9 Å². The van der Waals surface area contributed by atoms with Crippen molar-refractivity contribution in [2.24, 2.45) is 10.7 Å². The van der Waals surface area contributed by atoms with Gasteiger partial charge in [-0.2, -0.15) is 10.6 Å². The first kappa shape index (κ1) is 22.8. The van der Waals surface area contributed by atoms with Gasteiger partial charge in [0.2, 0.25) is 0 Å². The number of halogens is 2.